The van der Waals surface area contributed by atoms with Crippen molar-refractivity contribution in [3.63, 3.8) is 0 Å². The van der Waals surface area contributed by atoms with Crippen LogP contribution < -0.4 is 4.90 Å². The number of anilines is 1. The summed E-state index contributed by atoms with van der Waals surface area (Å²) in [5.41, 5.74) is 2.63. The maximum Gasteiger partial charge on any atom is 0.337 e. The van der Waals surface area contributed by atoms with Gasteiger partial charge in [-0.2, -0.15) is 0 Å². The number of pyridine rings is 1. The first kappa shape index (κ1) is 19.2. The Morgan fingerprint density at radius 2 is 2.08 bits per heavy atom. The van der Waals surface area contributed by atoms with Gasteiger partial charge in [0, 0.05) is 37.2 Å². The van der Waals surface area contributed by atoms with Crippen molar-refractivity contribution in [3.05, 3.63) is 21.9 Å². The number of halogens is 1. The van der Waals surface area contributed by atoms with Gasteiger partial charge in [0.2, 0.25) is 0 Å². The number of piperidine rings is 1. The number of hydrogen-bond donors (Lipinski definition) is 1. The highest BCUT2D eigenvalue weighted by atomic mass is 79.9. The minimum atomic E-state index is -0.986. The van der Waals surface area contributed by atoms with Crippen LogP contribution in [0.5, 0.6) is 0 Å². The van der Waals surface area contributed by atoms with E-state index >= 15 is 0 Å². The predicted molar refractivity (Wildman–Crippen MR) is 98.5 cm³/mol. The first-order chi connectivity index (χ1) is 11.3. The van der Waals surface area contributed by atoms with Crippen molar-refractivity contribution < 1.29 is 14.6 Å². The van der Waals surface area contributed by atoms with E-state index in [4.69, 9.17) is 4.74 Å². The van der Waals surface area contributed by atoms with Gasteiger partial charge in [0.1, 0.15) is 0 Å². The van der Waals surface area contributed by atoms with Crippen LogP contribution >= 0.6 is 15.9 Å². The molecule has 1 fully saturated rings. The van der Waals surface area contributed by atoms with Crippen molar-refractivity contribution in [1.82, 2.24) is 4.98 Å². The lowest BCUT2D eigenvalue weighted by molar-refractivity contribution is -0.150. The van der Waals surface area contributed by atoms with Gasteiger partial charge in [0.15, 0.2) is 6.10 Å². The number of aliphatic carboxylic acids is 1. The number of aromatic nitrogens is 1. The number of carbonyl (C=O) groups is 1. The van der Waals surface area contributed by atoms with Crippen LogP contribution in [-0.2, 0) is 9.53 Å². The molecule has 1 aromatic rings. The molecule has 24 heavy (non-hydrogen) atoms. The van der Waals surface area contributed by atoms with E-state index in [2.05, 4.69) is 39.7 Å². The molecule has 1 aromatic heterocycles. The Morgan fingerprint density at radius 1 is 1.46 bits per heavy atom. The van der Waals surface area contributed by atoms with Crippen LogP contribution in [0.1, 0.15) is 57.4 Å². The van der Waals surface area contributed by atoms with Crippen LogP contribution in [0.15, 0.2) is 10.7 Å². The molecule has 0 radical (unpaired) electrons. The second kappa shape index (κ2) is 7.83. The summed E-state index contributed by atoms with van der Waals surface area (Å²) in [5, 5.41) is 9.69. The summed E-state index contributed by atoms with van der Waals surface area (Å²) in [6, 6.07) is 0. The Hall–Kier alpha value is -1.14. The largest absolute Gasteiger partial charge is 0.479 e. The van der Waals surface area contributed by atoms with Crippen LogP contribution in [0, 0.1) is 12.3 Å². The average Bonchev–Trinajstić information content (AvgIpc) is 2.51. The molecule has 0 aromatic carbocycles. The molecule has 0 unspecified atom stereocenters. The van der Waals surface area contributed by atoms with Crippen molar-refractivity contribution in [3.8, 4) is 0 Å². The van der Waals surface area contributed by atoms with E-state index in [0.717, 1.165) is 42.5 Å². The summed E-state index contributed by atoms with van der Waals surface area (Å²) in [4.78, 5) is 18.4. The van der Waals surface area contributed by atoms with Crippen LogP contribution in [0.25, 0.3) is 0 Å². The van der Waals surface area contributed by atoms with Crippen molar-refractivity contribution in [2.75, 3.05) is 24.6 Å². The first-order valence-electron chi connectivity index (χ1n) is 8.51. The van der Waals surface area contributed by atoms with Crippen molar-refractivity contribution in [1.29, 1.82) is 0 Å². The van der Waals surface area contributed by atoms with Crippen LogP contribution in [0.3, 0.4) is 0 Å². The molecule has 1 aliphatic heterocycles. The highest BCUT2D eigenvalue weighted by Gasteiger charge is 2.32. The van der Waals surface area contributed by atoms with Gasteiger partial charge in [-0.1, -0.05) is 20.8 Å². The Labute approximate surface area is 152 Å². The fraction of sp³-hybridized carbons (Fsp3) is 0.667. The minimum absolute atomic E-state index is 0.329. The molecule has 1 aliphatic rings. The van der Waals surface area contributed by atoms with Gasteiger partial charge in [0.25, 0.3) is 0 Å². The van der Waals surface area contributed by atoms with E-state index in [9.17, 15) is 9.90 Å². The number of rotatable bonds is 6. The molecule has 2 rings (SSSR count). The zero-order chi connectivity index (χ0) is 17.9. The zero-order valence-corrected chi connectivity index (χ0v) is 16.5. The van der Waals surface area contributed by atoms with Gasteiger partial charge in [-0.3, -0.25) is 4.98 Å². The third kappa shape index (κ3) is 4.28. The quantitative estimate of drug-likeness (QED) is 0.772. The normalized spacial score (nSPS) is 18.5. The Kier molecular flexibility index (Phi) is 6.26. The van der Waals surface area contributed by atoms with E-state index in [1.807, 2.05) is 13.8 Å². The molecular weight excluding hydrogens is 372 g/mol. The molecule has 1 atom stereocenters. The highest BCUT2D eigenvalue weighted by Crippen LogP contribution is 2.40. The molecule has 0 saturated carbocycles. The van der Waals surface area contributed by atoms with E-state index in [0.29, 0.717) is 23.3 Å². The second-order valence-electron chi connectivity index (χ2n) is 7.19. The van der Waals surface area contributed by atoms with Crippen molar-refractivity contribution in [2.45, 2.75) is 53.1 Å². The number of nitrogens with zero attached hydrogens (tertiary/aromatic N) is 2. The summed E-state index contributed by atoms with van der Waals surface area (Å²) in [7, 11) is 0. The first-order valence-corrected chi connectivity index (χ1v) is 9.30. The highest BCUT2D eigenvalue weighted by molar-refractivity contribution is 9.10. The molecule has 0 spiro atoms. The van der Waals surface area contributed by atoms with Crippen molar-refractivity contribution >= 4 is 27.6 Å². The minimum Gasteiger partial charge on any atom is -0.479 e. The molecule has 134 valence electrons. The third-order valence-electron chi connectivity index (χ3n) is 4.65. The topological polar surface area (TPSA) is 62.7 Å². The van der Waals surface area contributed by atoms with Crippen molar-refractivity contribution in [2.24, 2.45) is 5.41 Å². The third-order valence-corrected chi connectivity index (χ3v) is 5.23. The Bertz CT molecular complexity index is 594. The number of hydrogen-bond acceptors (Lipinski definition) is 4. The van der Waals surface area contributed by atoms with Gasteiger partial charge >= 0.3 is 5.97 Å². The molecule has 1 N–H and O–H groups in total. The van der Waals surface area contributed by atoms with Gasteiger partial charge in [0.05, 0.1) is 10.2 Å². The van der Waals surface area contributed by atoms with Gasteiger partial charge in [-0.05, 0) is 47.5 Å². The van der Waals surface area contributed by atoms with Gasteiger partial charge < -0.3 is 14.7 Å². The lowest BCUT2D eigenvalue weighted by Crippen LogP contribution is -2.38. The average molecular weight is 399 g/mol. The zero-order valence-electron chi connectivity index (χ0n) is 14.9. The number of carboxylic acid groups (broad SMARTS) is 1. The lowest BCUT2D eigenvalue weighted by atomic mass is 9.82. The van der Waals surface area contributed by atoms with E-state index in [1.165, 1.54) is 0 Å². The predicted octanol–water partition coefficient (Wildman–Crippen LogP) is 4.33. The van der Waals surface area contributed by atoms with Gasteiger partial charge in [-0.15, -0.1) is 0 Å². The van der Waals surface area contributed by atoms with Crippen LogP contribution in [0.2, 0.25) is 0 Å². The maximum atomic E-state index is 11.8. The van der Waals surface area contributed by atoms with Crippen LogP contribution in [0.4, 0.5) is 5.69 Å². The Balaban J connectivity index is 2.43. The number of carboxylic acids is 1. The lowest BCUT2D eigenvalue weighted by Gasteiger charge is -2.40. The maximum absolute atomic E-state index is 11.8. The van der Waals surface area contributed by atoms with E-state index in [-0.39, 0.29) is 0 Å². The summed E-state index contributed by atoms with van der Waals surface area (Å²) in [6.07, 6.45) is 3.70. The van der Waals surface area contributed by atoms with E-state index < -0.39 is 12.1 Å². The van der Waals surface area contributed by atoms with Crippen LogP contribution in [-0.4, -0.2) is 35.8 Å². The Morgan fingerprint density at radius 3 is 2.62 bits per heavy atom. The summed E-state index contributed by atoms with van der Waals surface area (Å²) in [5.74, 6) is -0.968. The molecule has 5 nitrogen and oxygen atoms in total. The smallest absolute Gasteiger partial charge is 0.337 e. The molecular formula is C18H27BrN2O3. The molecule has 6 heteroatoms. The molecule has 0 amide bonds. The molecule has 2 heterocycles. The standard InChI is InChI=1S/C18H27BrN2O3/c1-5-10-24-16(17(22)23)14-12(2)20-11-13(19)15(14)21-8-6-18(3,4)7-9-21/h11,16H,5-10H2,1-4H3,(H,22,23)/t16-/m0/s1. The number of aryl methyl sites for hydroxylation is 1. The summed E-state index contributed by atoms with van der Waals surface area (Å²) < 4.78 is 6.49. The summed E-state index contributed by atoms with van der Waals surface area (Å²) in [6.45, 7) is 10.6. The second-order valence-corrected chi connectivity index (χ2v) is 8.05. The fourth-order valence-corrected chi connectivity index (χ4v) is 3.64. The van der Waals surface area contributed by atoms with E-state index in [1.54, 1.807) is 6.20 Å². The summed E-state index contributed by atoms with van der Waals surface area (Å²) >= 11 is 3.58. The molecule has 0 aliphatic carbocycles. The fourth-order valence-electron chi connectivity index (χ4n) is 3.07. The molecule has 1 saturated heterocycles. The SMILES string of the molecule is CCCO[C@H](C(=O)O)c1c(C)ncc(Br)c1N1CCC(C)(C)CC1. The number of ether oxygens (including phenoxy) is 1. The van der Waals surface area contributed by atoms with Gasteiger partial charge in [-0.25, -0.2) is 4.79 Å². The monoisotopic (exact) mass is 398 g/mol. The molecule has 0 bridgehead atoms.